The highest BCUT2D eigenvalue weighted by Gasteiger charge is 2.18. The highest BCUT2D eigenvalue weighted by atomic mass is 16.3. The van der Waals surface area contributed by atoms with E-state index in [0.29, 0.717) is 51.9 Å². The Bertz CT molecular complexity index is 1240. The summed E-state index contributed by atoms with van der Waals surface area (Å²) in [6, 6.07) is 12.6. The van der Waals surface area contributed by atoms with Gasteiger partial charge in [-0.05, 0) is 50.5 Å². The summed E-state index contributed by atoms with van der Waals surface area (Å²) < 4.78 is 0. The normalized spacial score (nSPS) is 11.4. The molecule has 0 radical (unpaired) electrons. The van der Waals surface area contributed by atoms with E-state index in [4.69, 9.17) is 5.26 Å². The Morgan fingerprint density at radius 2 is 2.00 bits per heavy atom. The number of nitrogens with one attached hydrogen (secondary N) is 2. The van der Waals surface area contributed by atoms with Gasteiger partial charge in [-0.15, -0.1) is 0 Å². The van der Waals surface area contributed by atoms with Crippen molar-refractivity contribution in [3.05, 3.63) is 47.5 Å². The molecule has 0 aliphatic carbocycles. The molecule has 4 rings (SSSR count). The van der Waals surface area contributed by atoms with Crippen LogP contribution in [0.5, 0.6) is 5.88 Å². The maximum Gasteiger partial charge on any atom is 0.200 e. The van der Waals surface area contributed by atoms with Gasteiger partial charge in [-0.25, -0.2) is 4.98 Å². The second kappa shape index (κ2) is 6.83. The fourth-order valence-corrected chi connectivity index (χ4v) is 3.26. The van der Waals surface area contributed by atoms with Gasteiger partial charge in [0.05, 0.1) is 28.2 Å². The number of aromatic hydroxyl groups is 1. The van der Waals surface area contributed by atoms with Gasteiger partial charge < -0.3 is 20.0 Å². The molecule has 4 aromatic rings. The average molecular weight is 373 g/mol. The minimum Gasteiger partial charge on any atom is -0.494 e. The van der Waals surface area contributed by atoms with Crippen molar-refractivity contribution in [2.75, 3.05) is 20.6 Å². The van der Waals surface area contributed by atoms with Crippen LogP contribution in [0, 0.1) is 11.3 Å². The standard InChI is InChI=1S/C21H19N5O2/c1-26(2)8-7-18(27)13-4-6-16-17(10-13)24-20(23-16)19-14-9-12(11-22)3-5-15(14)25-21(19)28/h3-6,9-10,25,28H,7-8H2,1-2H3,(H,23,24). The number of benzene rings is 2. The third-order valence-corrected chi connectivity index (χ3v) is 4.73. The van der Waals surface area contributed by atoms with Crippen LogP contribution in [0.4, 0.5) is 0 Å². The number of nitrogens with zero attached hydrogens (tertiary/aromatic N) is 3. The number of aromatic nitrogens is 3. The van der Waals surface area contributed by atoms with E-state index in [-0.39, 0.29) is 11.7 Å². The van der Waals surface area contributed by atoms with Gasteiger partial charge in [0.15, 0.2) is 5.78 Å². The van der Waals surface area contributed by atoms with E-state index in [9.17, 15) is 9.90 Å². The molecule has 0 saturated carbocycles. The predicted octanol–water partition coefficient (Wildman–Crippen LogP) is 3.42. The van der Waals surface area contributed by atoms with Crippen LogP contribution in [0.25, 0.3) is 33.3 Å². The molecule has 7 heteroatoms. The maximum atomic E-state index is 12.4. The van der Waals surface area contributed by atoms with Gasteiger partial charge in [0.2, 0.25) is 5.88 Å². The molecule has 140 valence electrons. The number of ketones is 1. The summed E-state index contributed by atoms with van der Waals surface area (Å²) in [5.74, 6) is 0.526. The third-order valence-electron chi connectivity index (χ3n) is 4.73. The van der Waals surface area contributed by atoms with Gasteiger partial charge in [0.1, 0.15) is 5.82 Å². The van der Waals surface area contributed by atoms with Crippen molar-refractivity contribution in [3.63, 3.8) is 0 Å². The minimum absolute atomic E-state index is 0.0218. The molecule has 2 aromatic heterocycles. The molecule has 2 aromatic carbocycles. The Morgan fingerprint density at radius 3 is 2.75 bits per heavy atom. The zero-order valence-electron chi connectivity index (χ0n) is 15.6. The smallest absolute Gasteiger partial charge is 0.200 e. The van der Waals surface area contributed by atoms with Crippen molar-refractivity contribution in [2.24, 2.45) is 0 Å². The van der Waals surface area contributed by atoms with Crippen molar-refractivity contribution in [1.29, 1.82) is 5.26 Å². The molecule has 0 atom stereocenters. The fraction of sp³-hybridized carbons (Fsp3) is 0.190. The van der Waals surface area contributed by atoms with Crippen molar-refractivity contribution in [3.8, 4) is 23.3 Å². The van der Waals surface area contributed by atoms with Crippen LogP contribution in [0.3, 0.4) is 0 Å². The van der Waals surface area contributed by atoms with Gasteiger partial charge in [-0.3, -0.25) is 4.79 Å². The minimum atomic E-state index is -0.0218. The number of imidazole rings is 1. The average Bonchev–Trinajstić information content (AvgIpc) is 3.23. The number of aromatic amines is 2. The summed E-state index contributed by atoms with van der Waals surface area (Å²) in [6.07, 6.45) is 0.444. The fourth-order valence-electron chi connectivity index (χ4n) is 3.26. The quantitative estimate of drug-likeness (QED) is 0.465. The lowest BCUT2D eigenvalue weighted by atomic mass is 10.1. The summed E-state index contributed by atoms with van der Waals surface area (Å²) in [7, 11) is 3.87. The molecule has 0 fully saturated rings. The number of rotatable bonds is 5. The first kappa shape index (κ1) is 17.8. The zero-order valence-corrected chi connectivity index (χ0v) is 15.6. The number of hydrogen-bond acceptors (Lipinski definition) is 5. The van der Waals surface area contributed by atoms with Crippen molar-refractivity contribution in [1.82, 2.24) is 19.9 Å². The molecule has 0 spiro atoms. The molecule has 0 amide bonds. The van der Waals surface area contributed by atoms with E-state index in [0.717, 1.165) is 5.52 Å². The highest BCUT2D eigenvalue weighted by molar-refractivity contribution is 6.01. The molecule has 0 bridgehead atoms. The van der Waals surface area contributed by atoms with Crippen LogP contribution in [-0.2, 0) is 0 Å². The largest absolute Gasteiger partial charge is 0.494 e. The van der Waals surface area contributed by atoms with Crippen LogP contribution in [0.1, 0.15) is 22.3 Å². The predicted molar refractivity (Wildman–Crippen MR) is 107 cm³/mol. The monoisotopic (exact) mass is 373 g/mol. The Hall–Kier alpha value is -3.63. The molecular formula is C21H19N5O2. The summed E-state index contributed by atoms with van der Waals surface area (Å²) in [5.41, 5.74) is 3.76. The number of H-pyrrole nitrogens is 2. The molecule has 0 saturated heterocycles. The summed E-state index contributed by atoms with van der Waals surface area (Å²) >= 11 is 0. The first-order chi connectivity index (χ1) is 13.5. The summed E-state index contributed by atoms with van der Waals surface area (Å²) in [5, 5.41) is 20.2. The SMILES string of the molecule is CN(C)CCC(=O)c1ccc2nc(-c3c(O)[nH]c4ccc(C#N)cc34)[nH]c2c1. The molecule has 0 aliphatic heterocycles. The number of carbonyl (C=O) groups excluding carboxylic acids is 1. The highest BCUT2D eigenvalue weighted by Crippen LogP contribution is 2.36. The topological polar surface area (TPSA) is 109 Å². The van der Waals surface area contributed by atoms with Gasteiger partial charge >= 0.3 is 0 Å². The van der Waals surface area contributed by atoms with E-state index < -0.39 is 0 Å². The van der Waals surface area contributed by atoms with E-state index >= 15 is 0 Å². The van der Waals surface area contributed by atoms with Gasteiger partial charge in [-0.1, -0.05) is 0 Å². The lowest BCUT2D eigenvalue weighted by molar-refractivity contribution is 0.0972. The zero-order chi connectivity index (χ0) is 19.8. The maximum absolute atomic E-state index is 12.4. The molecular weight excluding hydrogens is 354 g/mol. The Kier molecular flexibility index (Phi) is 4.34. The first-order valence-corrected chi connectivity index (χ1v) is 8.89. The number of hydrogen-bond donors (Lipinski definition) is 3. The molecule has 28 heavy (non-hydrogen) atoms. The number of Topliss-reactive ketones (excluding diaryl/α,β-unsaturated/α-hetero) is 1. The van der Waals surface area contributed by atoms with E-state index in [2.05, 4.69) is 21.0 Å². The van der Waals surface area contributed by atoms with Crippen molar-refractivity contribution >= 4 is 27.7 Å². The van der Waals surface area contributed by atoms with Crippen molar-refractivity contribution in [2.45, 2.75) is 6.42 Å². The van der Waals surface area contributed by atoms with Crippen LogP contribution >= 0.6 is 0 Å². The van der Waals surface area contributed by atoms with Crippen molar-refractivity contribution < 1.29 is 9.90 Å². The number of fused-ring (bicyclic) bond motifs is 2. The van der Waals surface area contributed by atoms with Gasteiger partial charge in [-0.2, -0.15) is 5.26 Å². The van der Waals surface area contributed by atoms with Gasteiger partial charge in [0, 0.05) is 29.4 Å². The molecule has 2 heterocycles. The second-order valence-electron chi connectivity index (χ2n) is 7.01. The van der Waals surface area contributed by atoms with Gasteiger partial charge in [0.25, 0.3) is 0 Å². The van der Waals surface area contributed by atoms with Crippen LogP contribution < -0.4 is 0 Å². The summed E-state index contributed by atoms with van der Waals surface area (Å²) in [6.45, 7) is 0.690. The van der Waals surface area contributed by atoms with E-state index in [1.54, 1.807) is 36.4 Å². The first-order valence-electron chi connectivity index (χ1n) is 8.89. The molecule has 0 aliphatic rings. The number of nitriles is 1. The Balaban J connectivity index is 1.77. The molecule has 7 nitrogen and oxygen atoms in total. The van der Waals surface area contributed by atoms with E-state index in [1.807, 2.05) is 19.0 Å². The molecule has 3 N–H and O–H groups in total. The van der Waals surface area contributed by atoms with Crippen LogP contribution in [-0.4, -0.2) is 51.4 Å². The van der Waals surface area contributed by atoms with E-state index in [1.165, 1.54) is 0 Å². The number of carbonyl (C=O) groups is 1. The lowest BCUT2D eigenvalue weighted by Crippen LogP contribution is -2.16. The van der Waals surface area contributed by atoms with Crippen LogP contribution in [0.2, 0.25) is 0 Å². The Morgan fingerprint density at radius 1 is 1.18 bits per heavy atom. The Labute approximate surface area is 161 Å². The lowest BCUT2D eigenvalue weighted by Gasteiger charge is -2.08. The summed E-state index contributed by atoms with van der Waals surface area (Å²) in [4.78, 5) is 25.0. The third kappa shape index (κ3) is 3.10. The second-order valence-corrected chi connectivity index (χ2v) is 7.01. The van der Waals surface area contributed by atoms with Crippen LogP contribution in [0.15, 0.2) is 36.4 Å². The molecule has 0 unspecified atom stereocenters.